The van der Waals surface area contributed by atoms with Crippen LogP contribution in [0.2, 0.25) is 0 Å². The second-order valence-corrected chi connectivity index (χ2v) is 6.55. The standard InChI is InChI=1S/C16H17BrO6/c17-14(20)12-11(18)13(19)16(22,15(21)23-12)10-7-3-5-8-4-1-2-6-9(8)10/h1-7,11-15,18-22H/t11-,12+,13+,14?,15-,16-/m1/s1. The number of hydrogen-bond donors (Lipinski definition) is 5. The Bertz CT molecular complexity index is 703. The summed E-state index contributed by atoms with van der Waals surface area (Å²) in [6.45, 7) is 0. The molecule has 1 fully saturated rings. The summed E-state index contributed by atoms with van der Waals surface area (Å²) in [7, 11) is 0. The van der Waals surface area contributed by atoms with Crippen LogP contribution in [0.15, 0.2) is 42.5 Å². The Balaban J connectivity index is 2.13. The molecule has 0 bridgehead atoms. The highest BCUT2D eigenvalue weighted by atomic mass is 79.9. The molecule has 1 saturated heterocycles. The van der Waals surface area contributed by atoms with Crippen molar-refractivity contribution in [1.29, 1.82) is 0 Å². The summed E-state index contributed by atoms with van der Waals surface area (Å²) in [4.78, 5) is 0. The molecular formula is C16H17BrO6. The predicted molar refractivity (Wildman–Crippen MR) is 85.7 cm³/mol. The molecule has 2 aromatic rings. The van der Waals surface area contributed by atoms with Crippen LogP contribution in [0.25, 0.3) is 10.8 Å². The van der Waals surface area contributed by atoms with E-state index in [9.17, 15) is 25.5 Å². The molecule has 0 aromatic heterocycles. The second kappa shape index (κ2) is 6.10. The van der Waals surface area contributed by atoms with Gasteiger partial charge in [0.1, 0.15) is 23.3 Å². The molecule has 0 spiro atoms. The summed E-state index contributed by atoms with van der Waals surface area (Å²) in [5.41, 5.74) is -2.00. The smallest absolute Gasteiger partial charge is 0.191 e. The van der Waals surface area contributed by atoms with Gasteiger partial charge in [0, 0.05) is 0 Å². The first-order valence-electron chi connectivity index (χ1n) is 7.09. The average Bonchev–Trinajstić information content (AvgIpc) is 2.55. The molecule has 2 aromatic carbocycles. The Kier molecular flexibility index (Phi) is 4.45. The second-order valence-electron chi connectivity index (χ2n) is 5.61. The first kappa shape index (κ1) is 16.8. The first-order chi connectivity index (χ1) is 10.9. The maximum Gasteiger partial charge on any atom is 0.191 e. The monoisotopic (exact) mass is 384 g/mol. The van der Waals surface area contributed by atoms with Crippen LogP contribution in [0.3, 0.4) is 0 Å². The van der Waals surface area contributed by atoms with E-state index >= 15 is 0 Å². The minimum atomic E-state index is -2.24. The van der Waals surface area contributed by atoms with Crippen LogP contribution >= 0.6 is 15.9 Å². The number of aliphatic hydroxyl groups is 5. The van der Waals surface area contributed by atoms with Gasteiger partial charge < -0.3 is 30.3 Å². The van der Waals surface area contributed by atoms with E-state index in [1.165, 1.54) is 0 Å². The van der Waals surface area contributed by atoms with Crippen LogP contribution in [0, 0.1) is 0 Å². The molecule has 1 unspecified atom stereocenters. The van der Waals surface area contributed by atoms with Gasteiger partial charge in [-0.25, -0.2) is 0 Å². The lowest BCUT2D eigenvalue weighted by molar-refractivity contribution is -0.336. The number of rotatable bonds is 2. The van der Waals surface area contributed by atoms with Gasteiger partial charge in [-0.1, -0.05) is 58.4 Å². The maximum atomic E-state index is 11.0. The summed E-state index contributed by atoms with van der Waals surface area (Å²) in [6, 6.07) is 12.2. The van der Waals surface area contributed by atoms with Gasteiger partial charge in [-0.3, -0.25) is 0 Å². The van der Waals surface area contributed by atoms with Crippen molar-refractivity contribution in [2.45, 2.75) is 35.2 Å². The highest BCUT2D eigenvalue weighted by Gasteiger charge is 2.57. The summed E-state index contributed by atoms with van der Waals surface area (Å²) in [5.74, 6) is 0. The van der Waals surface area contributed by atoms with Gasteiger partial charge in [-0.15, -0.1) is 0 Å². The zero-order valence-corrected chi connectivity index (χ0v) is 13.5. The molecule has 1 aliphatic heterocycles. The van der Waals surface area contributed by atoms with Crippen LogP contribution in [-0.4, -0.2) is 55.1 Å². The van der Waals surface area contributed by atoms with Gasteiger partial charge in [0.05, 0.1) is 0 Å². The molecule has 124 valence electrons. The van der Waals surface area contributed by atoms with Crippen LogP contribution < -0.4 is 0 Å². The molecule has 5 N–H and O–H groups in total. The molecule has 1 heterocycles. The zero-order valence-electron chi connectivity index (χ0n) is 12.0. The van der Waals surface area contributed by atoms with Crippen LogP contribution in [0.1, 0.15) is 5.56 Å². The van der Waals surface area contributed by atoms with Crippen LogP contribution in [-0.2, 0) is 10.3 Å². The third-order valence-electron chi connectivity index (χ3n) is 4.27. The molecule has 7 heteroatoms. The molecule has 6 nitrogen and oxygen atoms in total. The fraction of sp³-hybridized carbons (Fsp3) is 0.375. The number of alkyl halides is 1. The molecular weight excluding hydrogens is 368 g/mol. The van der Waals surface area contributed by atoms with E-state index in [2.05, 4.69) is 15.9 Å². The number of halogens is 1. The Morgan fingerprint density at radius 2 is 1.70 bits per heavy atom. The molecule has 0 aliphatic carbocycles. The maximum absolute atomic E-state index is 11.0. The Hall–Kier alpha value is -1.06. The summed E-state index contributed by atoms with van der Waals surface area (Å²) in [5, 5.41) is 51.5. The van der Waals surface area contributed by atoms with Crippen LogP contribution in [0.5, 0.6) is 0 Å². The molecule has 0 amide bonds. The van der Waals surface area contributed by atoms with Gasteiger partial charge in [0.25, 0.3) is 0 Å². The molecule has 6 atom stereocenters. The van der Waals surface area contributed by atoms with Crippen molar-refractivity contribution in [3.8, 4) is 0 Å². The fourth-order valence-electron chi connectivity index (χ4n) is 3.01. The first-order valence-corrected chi connectivity index (χ1v) is 8.01. The van der Waals surface area contributed by atoms with Crippen molar-refractivity contribution in [1.82, 2.24) is 0 Å². The largest absolute Gasteiger partial charge is 0.387 e. The van der Waals surface area contributed by atoms with E-state index in [1.54, 1.807) is 24.3 Å². The van der Waals surface area contributed by atoms with Crippen LogP contribution in [0.4, 0.5) is 0 Å². The Morgan fingerprint density at radius 3 is 2.39 bits per heavy atom. The van der Waals surface area contributed by atoms with Gasteiger partial charge >= 0.3 is 0 Å². The quantitative estimate of drug-likeness (QED) is 0.472. The third-order valence-corrected chi connectivity index (χ3v) is 4.79. The number of aliphatic hydroxyl groups excluding tert-OH is 4. The Morgan fingerprint density at radius 1 is 1.04 bits per heavy atom. The third kappa shape index (κ3) is 2.58. The van der Waals surface area contributed by atoms with Gasteiger partial charge in [-0.05, 0) is 16.3 Å². The lowest BCUT2D eigenvalue weighted by atomic mass is 9.79. The number of fused-ring (bicyclic) bond motifs is 1. The van der Waals surface area contributed by atoms with E-state index in [0.717, 1.165) is 5.39 Å². The minimum Gasteiger partial charge on any atom is -0.387 e. The van der Waals surface area contributed by atoms with E-state index in [0.29, 0.717) is 5.39 Å². The normalized spacial score (nSPS) is 36.1. The molecule has 3 rings (SSSR count). The van der Waals surface area contributed by atoms with E-state index in [1.807, 2.05) is 18.2 Å². The number of hydrogen-bond acceptors (Lipinski definition) is 6. The average molecular weight is 385 g/mol. The van der Waals surface area contributed by atoms with Crippen molar-refractivity contribution in [3.05, 3.63) is 48.0 Å². The molecule has 0 radical (unpaired) electrons. The lowest BCUT2D eigenvalue weighted by Crippen LogP contribution is -2.65. The van der Waals surface area contributed by atoms with E-state index in [4.69, 9.17) is 4.74 Å². The highest BCUT2D eigenvalue weighted by Crippen LogP contribution is 2.41. The SMILES string of the molecule is OC(Br)[C@H]1O[C@@H](O)[C@@](O)(c2cccc3ccccc23)[C@@H](O)[C@@H]1O. The minimum absolute atomic E-state index is 0.233. The highest BCUT2D eigenvalue weighted by molar-refractivity contribution is 9.09. The van der Waals surface area contributed by atoms with Crippen molar-refractivity contribution < 1.29 is 30.3 Å². The fourth-order valence-corrected chi connectivity index (χ4v) is 3.45. The van der Waals surface area contributed by atoms with Crippen molar-refractivity contribution >= 4 is 26.7 Å². The molecule has 0 saturated carbocycles. The van der Waals surface area contributed by atoms with Gasteiger partial charge in [0.2, 0.25) is 0 Å². The van der Waals surface area contributed by atoms with Crippen molar-refractivity contribution in [2.24, 2.45) is 0 Å². The van der Waals surface area contributed by atoms with E-state index in [-0.39, 0.29) is 5.56 Å². The topological polar surface area (TPSA) is 110 Å². The summed E-state index contributed by atoms with van der Waals surface area (Å²) in [6.07, 6.45) is -6.47. The van der Waals surface area contributed by atoms with Gasteiger partial charge in [0.15, 0.2) is 11.9 Å². The zero-order chi connectivity index (χ0) is 16.8. The van der Waals surface area contributed by atoms with Crippen molar-refractivity contribution in [2.75, 3.05) is 0 Å². The van der Waals surface area contributed by atoms with E-state index < -0.39 is 35.2 Å². The van der Waals surface area contributed by atoms with Crippen molar-refractivity contribution in [3.63, 3.8) is 0 Å². The van der Waals surface area contributed by atoms with Gasteiger partial charge in [-0.2, -0.15) is 0 Å². The number of ether oxygens (including phenoxy) is 1. The summed E-state index contributed by atoms with van der Waals surface area (Å²) >= 11 is 2.83. The molecule has 23 heavy (non-hydrogen) atoms. The lowest BCUT2D eigenvalue weighted by Gasteiger charge is -2.47. The predicted octanol–water partition coefficient (Wildman–Crippen LogP) is 0.180. The summed E-state index contributed by atoms with van der Waals surface area (Å²) < 4.78 is 5.15. The number of benzene rings is 2. The molecule has 1 aliphatic rings. The Labute approximate surface area is 140 Å².